The van der Waals surface area contributed by atoms with Gasteiger partial charge < -0.3 is 15.9 Å². The first-order valence-electron chi connectivity index (χ1n) is 3.16. The van der Waals surface area contributed by atoms with E-state index in [0.29, 0.717) is 0 Å². The van der Waals surface area contributed by atoms with Crippen molar-refractivity contribution >= 4 is 11.6 Å². The van der Waals surface area contributed by atoms with Crippen LogP contribution in [0.5, 0.6) is 0 Å². The van der Waals surface area contributed by atoms with Crippen molar-refractivity contribution in [3.8, 4) is 0 Å². The first kappa shape index (κ1) is 10.2. The average Bonchev–Trinajstić information content (AvgIpc) is 2.02. The fourth-order valence-electron chi connectivity index (χ4n) is 0.506. The molecular weight excluding hydrogens is 150 g/mol. The molecule has 0 heterocycles. The van der Waals surface area contributed by atoms with E-state index >= 15 is 0 Å². The highest BCUT2D eigenvalue weighted by molar-refractivity contribution is 6.38. The van der Waals surface area contributed by atoms with Crippen molar-refractivity contribution < 1.29 is 19.8 Å². The Morgan fingerprint density at radius 3 is 2.27 bits per heavy atom. The normalized spacial score (nSPS) is 12.6. The highest BCUT2D eigenvalue weighted by atomic mass is 16.3. The maximum absolute atomic E-state index is 10.6. The third-order valence-electron chi connectivity index (χ3n) is 1.13. The predicted molar refractivity (Wildman–Crippen MR) is 36.8 cm³/mol. The summed E-state index contributed by atoms with van der Waals surface area (Å²) in [6, 6.07) is 0. The maximum atomic E-state index is 10.6. The number of aliphatic hydroxyl groups excluding tert-OH is 2. The van der Waals surface area contributed by atoms with Gasteiger partial charge in [0.1, 0.15) is 0 Å². The molecule has 0 fully saturated rings. The van der Waals surface area contributed by atoms with E-state index in [1.165, 1.54) is 0 Å². The molecule has 0 rings (SSSR count). The van der Waals surface area contributed by atoms with Crippen LogP contribution in [0.3, 0.4) is 0 Å². The van der Waals surface area contributed by atoms with E-state index < -0.39 is 24.3 Å². The predicted octanol–water partition coefficient (Wildman–Crippen LogP) is -2.17. The zero-order chi connectivity index (χ0) is 8.85. The Kier molecular flexibility index (Phi) is 4.60. The SMILES string of the molecule is NCC(=O)C(=O)C[C@H](O)CO. The summed E-state index contributed by atoms with van der Waals surface area (Å²) in [5.41, 5.74) is 4.88. The zero-order valence-electron chi connectivity index (χ0n) is 5.99. The lowest BCUT2D eigenvalue weighted by Gasteiger charge is -2.03. The number of hydrogen-bond donors (Lipinski definition) is 3. The van der Waals surface area contributed by atoms with Crippen LogP contribution in [-0.4, -0.2) is 41.0 Å². The van der Waals surface area contributed by atoms with E-state index in [0.717, 1.165) is 0 Å². The monoisotopic (exact) mass is 161 g/mol. The smallest absolute Gasteiger partial charge is 0.211 e. The number of ketones is 2. The summed E-state index contributed by atoms with van der Waals surface area (Å²) in [5.74, 6) is -1.47. The van der Waals surface area contributed by atoms with Crippen LogP contribution in [0.4, 0.5) is 0 Å². The van der Waals surface area contributed by atoms with Crippen molar-refractivity contribution in [1.82, 2.24) is 0 Å². The van der Waals surface area contributed by atoms with Gasteiger partial charge in [-0.15, -0.1) is 0 Å². The Bertz CT molecular complexity index is 157. The number of aliphatic hydroxyl groups is 2. The van der Waals surface area contributed by atoms with Gasteiger partial charge in [-0.1, -0.05) is 0 Å². The second-order valence-electron chi connectivity index (χ2n) is 2.09. The van der Waals surface area contributed by atoms with Crippen LogP contribution in [0, 0.1) is 0 Å². The Morgan fingerprint density at radius 2 is 1.91 bits per heavy atom. The maximum Gasteiger partial charge on any atom is 0.211 e. The highest BCUT2D eigenvalue weighted by Crippen LogP contribution is 1.91. The molecule has 0 saturated carbocycles. The summed E-state index contributed by atoms with van der Waals surface area (Å²) in [4.78, 5) is 21.1. The van der Waals surface area contributed by atoms with Gasteiger partial charge in [-0.25, -0.2) is 0 Å². The summed E-state index contributed by atoms with van der Waals surface area (Å²) >= 11 is 0. The van der Waals surface area contributed by atoms with Crippen LogP contribution in [0.15, 0.2) is 0 Å². The van der Waals surface area contributed by atoms with Gasteiger partial charge in [-0.2, -0.15) is 0 Å². The Morgan fingerprint density at radius 1 is 1.36 bits per heavy atom. The summed E-state index contributed by atoms with van der Waals surface area (Å²) in [6.07, 6.45) is -1.51. The van der Waals surface area contributed by atoms with E-state index in [2.05, 4.69) is 0 Å². The summed E-state index contributed by atoms with van der Waals surface area (Å²) in [7, 11) is 0. The van der Waals surface area contributed by atoms with Gasteiger partial charge in [-0.05, 0) is 0 Å². The molecule has 64 valence electrons. The molecule has 1 atom stereocenters. The van der Waals surface area contributed by atoms with Crippen LogP contribution in [0.2, 0.25) is 0 Å². The van der Waals surface area contributed by atoms with Gasteiger partial charge in [-0.3, -0.25) is 9.59 Å². The van der Waals surface area contributed by atoms with Crippen molar-refractivity contribution in [2.24, 2.45) is 5.73 Å². The van der Waals surface area contributed by atoms with E-state index in [9.17, 15) is 9.59 Å². The molecule has 0 aromatic rings. The van der Waals surface area contributed by atoms with Crippen LogP contribution in [0.1, 0.15) is 6.42 Å². The molecule has 0 unspecified atom stereocenters. The Labute approximate surface area is 63.8 Å². The lowest BCUT2D eigenvalue weighted by atomic mass is 10.1. The van der Waals surface area contributed by atoms with Crippen LogP contribution in [-0.2, 0) is 9.59 Å². The first-order valence-corrected chi connectivity index (χ1v) is 3.16. The van der Waals surface area contributed by atoms with Gasteiger partial charge in [0.05, 0.1) is 19.3 Å². The third kappa shape index (κ3) is 3.82. The Balaban J connectivity index is 3.77. The average molecular weight is 161 g/mol. The van der Waals surface area contributed by atoms with Crippen molar-refractivity contribution in [2.75, 3.05) is 13.2 Å². The van der Waals surface area contributed by atoms with E-state index in [4.69, 9.17) is 15.9 Å². The van der Waals surface area contributed by atoms with E-state index in [1.807, 2.05) is 0 Å². The molecule has 0 aliphatic rings. The molecule has 0 amide bonds. The minimum absolute atomic E-state index is 0.350. The second kappa shape index (κ2) is 4.95. The lowest BCUT2D eigenvalue weighted by Crippen LogP contribution is -2.28. The number of carbonyl (C=O) groups is 2. The van der Waals surface area contributed by atoms with Crippen molar-refractivity contribution in [3.05, 3.63) is 0 Å². The van der Waals surface area contributed by atoms with Crippen molar-refractivity contribution in [2.45, 2.75) is 12.5 Å². The van der Waals surface area contributed by atoms with Gasteiger partial charge in [0.2, 0.25) is 11.6 Å². The standard InChI is InChI=1S/C6H11NO4/c7-2-6(11)5(10)1-4(9)3-8/h4,8-9H,1-3,7H2/t4-/m0/s1. The highest BCUT2D eigenvalue weighted by Gasteiger charge is 2.15. The summed E-state index contributed by atoms with van der Waals surface area (Å²) in [6.45, 7) is -0.874. The number of nitrogens with two attached hydrogens (primary N) is 1. The molecule has 11 heavy (non-hydrogen) atoms. The number of Topliss-reactive ketones (excluding diaryl/α,β-unsaturated/α-hetero) is 2. The second-order valence-corrected chi connectivity index (χ2v) is 2.09. The molecule has 0 aliphatic carbocycles. The van der Waals surface area contributed by atoms with Crippen LogP contribution < -0.4 is 5.73 Å². The number of hydrogen-bond acceptors (Lipinski definition) is 5. The molecule has 0 aliphatic heterocycles. The Hall–Kier alpha value is -0.780. The topological polar surface area (TPSA) is 101 Å². The molecule has 4 N–H and O–H groups in total. The van der Waals surface area contributed by atoms with E-state index in [1.54, 1.807) is 0 Å². The molecule has 5 nitrogen and oxygen atoms in total. The lowest BCUT2D eigenvalue weighted by molar-refractivity contribution is -0.137. The molecule has 0 radical (unpaired) electrons. The number of carbonyl (C=O) groups excluding carboxylic acids is 2. The summed E-state index contributed by atoms with van der Waals surface area (Å²) in [5, 5.41) is 17.0. The van der Waals surface area contributed by atoms with Gasteiger partial charge in [0.15, 0.2) is 0 Å². The van der Waals surface area contributed by atoms with Crippen LogP contribution in [0.25, 0.3) is 0 Å². The minimum Gasteiger partial charge on any atom is -0.394 e. The van der Waals surface area contributed by atoms with E-state index in [-0.39, 0.29) is 13.0 Å². The molecule has 0 aromatic carbocycles. The molecule has 0 saturated heterocycles. The minimum atomic E-state index is -1.15. The van der Waals surface area contributed by atoms with Crippen molar-refractivity contribution in [1.29, 1.82) is 0 Å². The first-order chi connectivity index (χ1) is 5.11. The fourth-order valence-corrected chi connectivity index (χ4v) is 0.506. The summed E-state index contributed by atoms with van der Waals surface area (Å²) < 4.78 is 0. The quantitative estimate of drug-likeness (QED) is 0.398. The molecule has 0 spiro atoms. The third-order valence-corrected chi connectivity index (χ3v) is 1.13. The fraction of sp³-hybridized carbons (Fsp3) is 0.667. The van der Waals surface area contributed by atoms with Gasteiger partial charge in [0, 0.05) is 6.42 Å². The molecule has 0 bridgehead atoms. The van der Waals surface area contributed by atoms with Crippen molar-refractivity contribution in [3.63, 3.8) is 0 Å². The zero-order valence-corrected chi connectivity index (χ0v) is 5.99. The molecule has 5 heteroatoms. The largest absolute Gasteiger partial charge is 0.394 e. The molecule has 0 aromatic heterocycles. The van der Waals surface area contributed by atoms with Gasteiger partial charge >= 0.3 is 0 Å². The molecular formula is C6H11NO4. The van der Waals surface area contributed by atoms with Crippen LogP contribution >= 0.6 is 0 Å². The van der Waals surface area contributed by atoms with Gasteiger partial charge in [0.25, 0.3) is 0 Å². The number of rotatable bonds is 5.